The van der Waals surface area contributed by atoms with Crippen LogP contribution in [0.1, 0.15) is 32.4 Å². The highest BCUT2D eigenvalue weighted by atomic mass is 19.1. The van der Waals surface area contributed by atoms with Gasteiger partial charge >= 0.3 is 0 Å². The van der Waals surface area contributed by atoms with Crippen molar-refractivity contribution in [3.05, 3.63) is 29.6 Å². The van der Waals surface area contributed by atoms with Crippen molar-refractivity contribution >= 4 is 0 Å². The van der Waals surface area contributed by atoms with Gasteiger partial charge in [-0.3, -0.25) is 0 Å². The van der Waals surface area contributed by atoms with Crippen molar-refractivity contribution in [1.82, 2.24) is 0 Å². The molecule has 1 aromatic carbocycles. The van der Waals surface area contributed by atoms with Crippen LogP contribution >= 0.6 is 0 Å². The van der Waals surface area contributed by atoms with Crippen LogP contribution in [-0.4, -0.2) is 7.11 Å². The lowest BCUT2D eigenvalue weighted by Crippen LogP contribution is -2.27. The minimum atomic E-state index is -0.381. The van der Waals surface area contributed by atoms with Crippen LogP contribution in [0.2, 0.25) is 0 Å². The fourth-order valence-corrected chi connectivity index (χ4v) is 1.43. The fraction of sp³-hybridized carbons (Fsp3) is 0.500. The predicted molar refractivity (Wildman–Crippen MR) is 59.3 cm³/mol. The van der Waals surface area contributed by atoms with Gasteiger partial charge in [0.2, 0.25) is 0 Å². The molecule has 0 saturated carbocycles. The Kier molecular flexibility index (Phi) is 3.35. The van der Waals surface area contributed by atoms with Gasteiger partial charge in [-0.2, -0.15) is 0 Å². The highest BCUT2D eigenvalue weighted by Gasteiger charge is 2.27. The van der Waals surface area contributed by atoms with Crippen molar-refractivity contribution in [2.45, 2.75) is 26.8 Å². The summed E-state index contributed by atoms with van der Waals surface area (Å²) in [6, 6.07) is 4.37. The molecule has 0 heterocycles. The maximum atomic E-state index is 13.7. The van der Waals surface area contributed by atoms with Crippen LogP contribution in [0.4, 0.5) is 4.39 Å². The second-order valence-corrected chi connectivity index (χ2v) is 4.70. The number of benzene rings is 1. The molecule has 2 nitrogen and oxygen atoms in total. The van der Waals surface area contributed by atoms with Gasteiger partial charge in [0.1, 0.15) is 11.6 Å². The Bertz CT molecular complexity index is 344. The van der Waals surface area contributed by atoms with E-state index in [-0.39, 0.29) is 17.3 Å². The first-order valence-corrected chi connectivity index (χ1v) is 4.96. The fourth-order valence-electron chi connectivity index (χ4n) is 1.43. The Hall–Kier alpha value is -1.09. The molecular formula is C12H18FNO. The highest BCUT2D eigenvalue weighted by Crippen LogP contribution is 2.36. The van der Waals surface area contributed by atoms with Crippen molar-refractivity contribution in [2.24, 2.45) is 11.1 Å². The lowest BCUT2D eigenvalue weighted by molar-refractivity contribution is 0.305. The molecular weight excluding hydrogens is 193 g/mol. The molecule has 1 rings (SSSR count). The minimum absolute atomic E-state index is 0.199. The molecule has 0 radical (unpaired) electrons. The molecule has 3 heteroatoms. The molecule has 84 valence electrons. The summed E-state index contributed by atoms with van der Waals surface area (Å²) in [4.78, 5) is 0. The first-order chi connectivity index (χ1) is 6.88. The van der Waals surface area contributed by atoms with E-state index in [0.29, 0.717) is 11.3 Å². The quantitative estimate of drug-likeness (QED) is 0.816. The van der Waals surface area contributed by atoms with Gasteiger partial charge in [-0.15, -0.1) is 0 Å². The third-order valence-electron chi connectivity index (χ3n) is 2.48. The van der Waals surface area contributed by atoms with E-state index in [1.54, 1.807) is 12.1 Å². The maximum Gasteiger partial charge on any atom is 0.131 e. The van der Waals surface area contributed by atoms with E-state index in [4.69, 9.17) is 10.5 Å². The molecule has 0 aliphatic heterocycles. The second kappa shape index (κ2) is 4.19. The monoisotopic (exact) mass is 211 g/mol. The predicted octanol–water partition coefficient (Wildman–Crippen LogP) is 2.88. The molecule has 0 aliphatic carbocycles. The average molecular weight is 211 g/mol. The number of methoxy groups -OCH3 is 1. The SMILES string of the molecule is COc1cccc(F)c1[C@H](N)C(C)(C)C. The largest absolute Gasteiger partial charge is 0.496 e. The van der Waals surface area contributed by atoms with Crippen LogP contribution in [0.25, 0.3) is 0 Å². The van der Waals surface area contributed by atoms with E-state index in [1.165, 1.54) is 13.2 Å². The van der Waals surface area contributed by atoms with E-state index in [9.17, 15) is 4.39 Å². The Morgan fingerprint density at radius 2 is 1.93 bits per heavy atom. The smallest absolute Gasteiger partial charge is 0.131 e. The van der Waals surface area contributed by atoms with Gasteiger partial charge in [-0.1, -0.05) is 26.8 Å². The molecule has 0 aromatic heterocycles. The highest BCUT2D eigenvalue weighted by molar-refractivity contribution is 5.37. The van der Waals surface area contributed by atoms with Gasteiger partial charge < -0.3 is 10.5 Å². The molecule has 15 heavy (non-hydrogen) atoms. The van der Waals surface area contributed by atoms with Crippen LogP contribution in [-0.2, 0) is 0 Å². The molecule has 1 aromatic rings. The van der Waals surface area contributed by atoms with E-state index in [1.807, 2.05) is 20.8 Å². The molecule has 0 bridgehead atoms. The topological polar surface area (TPSA) is 35.2 Å². The Morgan fingerprint density at radius 3 is 2.40 bits per heavy atom. The normalized spacial score (nSPS) is 13.7. The molecule has 0 aliphatic rings. The summed E-state index contributed by atoms with van der Waals surface area (Å²) in [6.45, 7) is 5.93. The van der Waals surface area contributed by atoms with Crippen LogP contribution in [0.3, 0.4) is 0 Å². The van der Waals surface area contributed by atoms with Gasteiger partial charge in [0.05, 0.1) is 7.11 Å². The first-order valence-electron chi connectivity index (χ1n) is 4.96. The summed E-state index contributed by atoms with van der Waals surface area (Å²) in [6.07, 6.45) is 0. The van der Waals surface area contributed by atoms with Crippen molar-refractivity contribution in [2.75, 3.05) is 7.11 Å². The number of ether oxygens (including phenoxy) is 1. The van der Waals surface area contributed by atoms with E-state index >= 15 is 0 Å². The summed E-state index contributed by atoms with van der Waals surface area (Å²) >= 11 is 0. The zero-order chi connectivity index (χ0) is 11.6. The van der Waals surface area contributed by atoms with Gasteiger partial charge in [0, 0.05) is 11.6 Å². The van der Waals surface area contributed by atoms with E-state index < -0.39 is 0 Å². The average Bonchev–Trinajstić information content (AvgIpc) is 2.15. The van der Waals surface area contributed by atoms with Crippen LogP contribution < -0.4 is 10.5 Å². The standard InChI is InChI=1S/C12H18FNO/c1-12(2,3)11(14)10-8(13)6-5-7-9(10)15-4/h5-7,11H,14H2,1-4H3/t11-/m0/s1. The molecule has 0 spiro atoms. The number of rotatable bonds is 2. The Balaban J connectivity index is 3.23. The first kappa shape index (κ1) is 12.0. The van der Waals surface area contributed by atoms with Gasteiger partial charge in [-0.05, 0) is 17.5 Å². The number of hydrogen-bond acceptors (Lipinski definition) is 2. The number of hydrogen-bond donors (Lipinski definition) is 1. The van der Waals surface area contributed by atoms with Gasteiger partial charge in [-0.25, -0.2) is 4.39 Å². The molecule has 2 N–H and O–H groups in total. The Morgan fingerprint density at radius 1 is 1.33 bits per heavy atom. The van der Waals surface area contributed by atoms with Crippen molar-refractivity contribution in [3.8, 4) is 5.75 Å². The number of halogens is 1. The lowest BCUT2D eigenvalue weighted by atomic mass is 9.82. The lowest BCUT2D eigenvalue weighted by Gasteiger charge is -2.28. The third-order valence-corrected chi connectivity index (χ3v) is 2.48. The van der Waals surface area contributed by atoms with E-state index in [0.717, 1.165) is 0 Å². The molecule has 1 atom stereocenters. The summed E-state index contributed by atoms with van der Waals surface area (Å²) in [5, 5.41) is 0. The van der Waals surface area contributed by atoms with Gasteiger partial charge in [0.25, 0.3) is 0 Å². The van der Waals surface area contributed by atoms with Crippen LogP contribution in [0.15, 0.2) is 18.2 Å². The number of nitrogens with two attached hydrogens (primary N) is 1. The van der Waals surface area contributed by atoms with Crippen LogP contribution in [0, 0.1) is 11.2 Å². The second-order valence-electron chi connectivity index (χ2n) is 4.70. The molecule has 0 amide bonds. The molecule has 0 unspecified atom stereocenters. The van der Waals surface area contributed by atoms with Gasteiger partial charge in [0.15, 0.2) is 0 Å². The summed E-state index contributed by atoms with van der Waals surface area (Å²) < 4.78 is 18.8. The molecule has 0 fully saturated rings. The molecule has 0 saturated heterocycles. The summed E-state index contributed by atoms with van der Waals surface area (Å²) in [7, 11) is 1.52. The van der Waals surface area contributed by atoms with Crippen LogP contribution in [0.5, 0.6) is 5.75 Å². The summed E-state index contributed by atoms with van der Waals surface area (Å²) in [5.74, 6) is 0.203. The van der Waals surface area contributed by atoms with E-state index in [2.05, 4.69) is 0 Å². The zero-order valence-electron chi connectivity index (χ0n) is 9.67. The third kappa shape index (κ3) is 2.48. The minimum Gasteiger partial charge on any atom is -0.496 e. The van der Waals surface area contributed by atoms with Crippen molar-refractivity contribution in [3.63, 3.8) is 0 Å². The Labute approximate surface area is 90.2 Å². The summed E-state index contributed by atoms with van der Waals surface area (Å²) in [5.41, 5.74) is 6.28. The van der Waals surface area contributed by atoms with Crippen molar-refractivity contribution in [1.29, 1.82) is 0 Å². The maximum absolute atomic E-state index is 13.7. The van der Waals surface area contributed by atoms with Crippen molar-refractivity contribution < 1.29 is 9.13 Å². The zero-order valence-corrected chi connectivity index (χ0v) is 9.67.